The van der Waals surface area contributed by atoms with E-state index in [-0.39, 0.29) is 29.1 Å². The van der Waals surface area contributed by atoms with Crippen molar-refractivity contribution in [3.05, 3.63) is 35.6 Å². The van der Waals surface area contributed by atoms with Crippen molar-refractivity contribution >= 4 is 11.8 Å². The zero-order valence-electron chi connectivity index (χ0n) is 16.7. The Labute approximate surface area is 166 Å². The Bertz CT molecular complexity index is 695. The molecule has 5 rings (SSSR count). The van der Waals surface area contributed by atoms with E-state index < -0.39 is 0 Å². The number of hydrogen-bond donors (Lipinski definition) is 2. The van der Waals surface area contributed by atoms with Gasteiger partial charge in [0.05, 0.1) is 6.04 Å². The molecule has 4 aliphatic rings. The standard InChI is InChI=1S/C23H31FN2O2/c1-15(19-4-6-20(24)7-5-19)26-21(27)3-2-8-25-22(28)23-12-16-9-17(13-23)11-18(10-16)14-23/h4-7,15-18H,2-3,8-14H2,1H3,(H,25,28)(H,26,27). The molecule has 2 amide bonds. The number of hydrogen-bond acceptors (Lipinski definition) is 2. The van der Waals surface area contributed by atoms with Crippen molar-refractivity contribution in [2.75, 3.05) is 6.54 Å². The zero-order chi connectivity index (χ0) is 19.7. The molecule has 4 nitrogen and oxygen atoms in total. The summed E-state index contributed by atoms with van der Waals surface area (Å²) in [5.41, 5.74) is 0.763. The van der Waals surface area contributed by atoms with Crippen molar-refractivity contribution in [2.24, 2.45) is 23.2 Å². The smallest absolute Gasteiger partial charge is 0.226 e. The van der Waals surface area contributed by atoms with E-state index in [4.69, 9.17) is 0 Å². The fourth-order valence-corrected chi connectivity index (χ4v) is 6.18. The van der Waals surface area contributed by atoms with E-state index in [1.165, 1.54) is 31.4 Å². The molecule has 1 unspecified atom stereocenters. The second kappa shape index (κ2) is 7.84. The molecular weight excluding hydrogens is 355 g/mol. The van der Waals surface area contributed by atoms with E-state index in [1.807, 2.05) is 6.92 Å². The van der Waals surface area contributed by atoms with Crippen LogP contribution in [-0.4, -0.2) is 18.4 Å². The lowest BCUT2D eigenvalue weighted by molar-refractivity contribution is -0.146. The van der Waals surface area contributed by atoms with Gasteiger partial charge < -0.3 is 10.6 Å². The van der Waals surface area contributed by atoms with E-state index >= 15 is 0 Å². The molecule has 0 radical (unpaired) electrons. The first-order chi connectivity index (χ1) is 13.4. The lowest BCUT2D eigenvalue weighted by atomic mass is 9.49. The van der Waals surface area contributed by atoms with Gasteiger partial charge >= 0.3 is 0 Å². The molecule has 0 spiro atoms. The molecular formula is C23H31FN2O2. The number of carbonyl (C=O) groups is 2. The third-order valence-electron chi connectivity index (χ3n) is 7.13. The van der Waals surface area contributed by atoms with Gasteiger partial charge in [-0.2, -0.15) is 0 Å². The van der Waals surface area contributed by atoms with E-state index in [2.05, 4.69) is 10.6 Å². The van der Waals surface area contributed by atoms with E-state index in [9.17, 15) is 14.0 Å². The average molecular weight is 387 g/mol. The summed E-state index contributed by atoms with van der Waals surface area (Å²) in [6.45, 7) is 2.44. The van der Waals surface area contributed by atoms with Crippen molar-refractivity contribution in [3.63, 3.8) is 0 Å². The number of carbonyl (C=O) groups excluding carboxylic acids is 2. The van der Waals surface area contributed by atoms with Gasteiger partial charge in [0.2, 0.25) is 11.8 Å². The first-order valence-corrected chi connectivity index (χ1v) is 10.8. The Morgan fingerprint density at radius 2 is 1.64 bits per heavy atom. The van der Waals surface area contributed by atoms with Gasteiger partial charge in [-0.05, 0) is 87.3 Å². The second-order valence-corrected chi connectivity index (χ2v) is 9.40. The highest BCUT2D eigenvalue weighted by Gasteiger charge is 2.54. The molecule has 1 atom stereocenters. The molecule has 4 fully saturated rings. The Hall–Kier alpha value is -1.91. The molecule has 1 aromatic carbocycles. The van der Waals surface area contributed by atoms with Crippen LogP contribution in [0.4, 0.5) is 4.39 Å². The highest BCUT2D eigenvalue weighted by molar-refractivity contribution is 5.83. The Morgan fingerprint density at radius 3 is 2.21 bits per heavy atom. The van der Waals surface area contributed by atoms with Crippen LogP contribution in [0.25, 0.3) is 0 Å². The van der Waals surface area contributed by atoms with Crippen molar-refractivity contribution in [1.29, 1.82) is 0 Å². The first kappa shape index (κ1) is 19.4. The maximum atomic E-state index is 13.0. The van der Waals surface area contributed by atoms with Crippen LogP contribution in [0.3, 0.4) is 0 Å². The number of amides is 2. The van der Waals surface area contributed by atoms with Crippen molar-refractivity contribution in [1.82, 2.24) is 10.6 Å². The SMILES string of the molecule is CC(NC(=O)CCCNC(=O)C12CC3CC(CC(C3)C1)C2)c1ccc(F)cc1. The van der Waals surface area contributed by atoms with Crippen LogP contribution >= 0.6 is 0 Å². The van der Waals surface area contributed by atoms with Gasteiger partial charge in [-0.3, -0.25) is 9.59 Å². The summed E-state index contributed by atoms with van der Waals surface area (Å²) in [5, 5.41) is 6.06. The zero-order valence-corrected chi connectivity index (χ0v) is 16.7. The number of rotatable bonds is 7. The summed E-state index contributed by atoms with van der Waals surface area (Å²) < 4.78 is 13.0. The minimum absolute atomic E-state index is 0.0409. The number of nitrogens with one attached hydrogen (secondary N) is 2. The van der Waals surface area contributed by atoms with Gasteiger partial charge in [-0.1, -0.05) is 12.1 Å². The summed E-state index contributed by atoms with van der Waals surface area (Å²) in [7, 11) is 0. The molecule has 28 heavy (non-hydrogen) atoms. The Kier molecular flexibility index (Phi) is 5.44. The lowest BCUT2D eigenvalue weighted by Crippen LogP contribution is -2.53. The molecule has 4 aliphatic carbocycles. The molecule has 152 valence electrons. The van der Waals surface area contributed by atoms with Crippen LogP contribution < -0.4 is 10.6 Å². The highest BCUT2D eigenvalue weighted by Crippen LogP contribution is 2.60. The Morgan fingerprint density at radius 1 is 1.07 bits per heavy atom. The molecule has 0 saturated heterocycles. The van der Waals surface area contributed by atoms with E-state index in [0.717, 1.165) is 42.6 Å². The van der Waals surface area contributed by atoms with Gasteiger partial charge in [0, 0.05) is 18.4 Å². The maximum Gasteiger partial charge on any atom is 0.226 e. The number of halogens is 1. The Balaban J connectivity index is 1.19. The first-order valence-electron chi connectivity index (χ1n) is 10.8. The van der Waals surface area contributed by atoms with Crippen LogP contribution in [0, 0.1) is 29.0 Å². The minimum atomic E-state index is -0.281. The second-order valence-electron chi connectivity index (χ2n) is 9.40. The van der Waals surface area contributed by atoms with Gasteiger partial charge in [0.1, 0.15) is 5.82 Å². The fourth-order valence-electron chi connectivity index (χ4n) is 6.18. The normalized spacial score (nSPS) is 31.4. The predicted molar refractivity (Wildman–Crippen MR) is 106 cm³/mol. The molecule has 0 aliphatic heterocycles. The fraction of sp³-hybridized carbons (Fsp3) is 0.652. The molecule has 0 aromatic heterocycles. The molecule has 1 aromatic rings. The van der Waals surface area contributed by atoms with Crippen molar-refractivity contribution < 1.29 is 14.0 Å². The van der Waals surface area contributed by atoms with Gasteiger partial charge in [-0.15, -0.1) is 0 Å². The van der Waals surface area contributed by atoms with Crippen LogP contribution in [0.1, 0.15) is 69.9 Å². The third-order valence-corrected chi connectivity index (χ3v) is 7.13. The van der Waals surface area contributed by atoms with E-state index in [0.29, 0.717) is 19.4 Å². The van der Waals surface area contributed by atoms with Crippen molar-refractivity contribution in [2.45, 2.75) is 64.3 Å². The summed E-state index contributed by atoms with van der Waals surface area (Å²) in [4.78, 5) is 25.1. The summed E-state index contributed by atoms with van der Waals surface area (Å²) in [5.74, 6) is 2.19. The molecule has 5 heteroatoms. The molecule has 0 heterocycles. The molecule has 4 saturated carbocycles. The lowest BCUT2D eigenvalue weighted by Gasteiger charge is -2.55. The monoisotopic (exact) mass is 386 g/mol. The van der Waals surface area contributed by atoms with Crippen LogP contribution in [0.5, 0.6) is 0 Å². The molecule has 4 bridgehead atoms. The van der Waals surface area contributed by atoms with Gasteiger partial charge in [0.25, 0.3) is 0 Å². The third kappa shape index (κ3) is 4.08. The molecule has 2 N–H and O–H groups in total. The quantitative estimate of drug-likeness (QED) is 0.693. The van der Waals surface area contributed by atoms with Gasteiger partial charge in [0.15, 0.2) is 0 Å². The number of benzene rings is 1. The minimum Gasteiger partial charge on any atom is -0.356 e. The highest BCUT2D eigenvalue weighted by atomic mass is 19.1. The summed E-state index contributed by atoms with van der Waals surface area (Å²) >= 11 is 0. The van der Waals surface area contributed by atoms with Crippen LogP contribution in [0.15, 0.2) is 24.3 Å². The van der Waals surface area contributed by atoms with Crippen LogP contribution in [-0.2, 0) is 9.59 Å². The van der Waals surface area contributed by atoms with Gasteiger partial charge in [-0.25, -0.2) is 4.39 Å². The summed E-state index contributed by atoms with van der Waals surface area (Å²) in [6, 6.07) is 6.02. The van der Waals surface area contributed by atoms with Crippen molar-refractivity contribution in [3.8, 4) is 0 Å². The predicted octanol–water partition coefficient (Wildman–Crippen LogP) is 4.12. The summed E-state index contributed by atoms with van der Waals surface area (Å²) in [6.07, 6.45) is 8.23. The largest absolute Gasteiger partial charge is 0.356 e. The average Bonchev–Trinajstić information content (AvgIpc) is 2.64. The topological polar surface area (TPSA) is 58.2 Å². The van der Waals surface area contributed by atoms with Crippen LogP contribution in [0.2, 0.25) is 0 Å². The maximum absolute atomic E-state index is 13.0. The van der Waals surface area contributed by atoms with E-state index in [1.54, 1.807) is 12.1 Å².